The zero-order chi connectivity index (χ0) is 17.1. The number of aryl methyl sites for hydroxylation is 2. The van der Waals surface area contributed by atoms with E-state index in [9.17, 15) is 4.79 Å². The Bertz CT molecular complexity index is 942. The summed E-state index contributed by atoms with van der Waals surface area (Å²) in [5.41, 5.74) is 2.79. The minimum absolute atomic E-state index is 0.217. The molecule has 1 aromatic heterocycles. The molecule has 0 fully saturated rings. The van der Waals surface area contributed by atoms with Crippen molar-refractivity contribution in [3.8, 4) is 0 Å². The summed E-state index contributed by atoms with van der Waals surface area (Å²) in [6.45, 7) is 2.81. The van der Waals surface area contributed by atoms with Crippen LogP contribution in [0.3, 0.4) is 0 Å². The van der Waals surface area contributed by atoms with Gasteiger partial charge in [-0.1, -0.05) is 40.6 Å². The lowest BCUT2D eigenvalue weighted by molar-refractivity contribution is 0.0998. The average Bonchev–Trinajstić information content (AvgIpc) is 2.89. The van der Waals surface area contributed by atoms with Gasteiger partial charge in [0.1, 0.15) is 0 Å². The van der Waals surface area contributed by atoms with Gasteiger partial charge >= 0.3 is 0 Å². The predicted molar refractivity (Wildman–Crippen MR) is 104 cm³/mol. The molecule has 3 rings (SSSR count). The highest BCUT2D eigenvalue weighted by molar-refractivity contribution is 7.98. The van der Waals surface area contributed by atoms with Crippen molar-refractivity contribution < 1.29 is 4.79 Å². The van der Waals surface area contributed by atoms with Crippen LogP contribution in [0.5, 0.6) is 0 Å². The van der Waals surface area contributed by atoms with Crippen molar-refractivity contribution >= 4 is 50.8 Å². The van der Waals surface area contributed by atoms with Crippen molar-refractivity contribution in [2.24, 2.45) is 4.99 Å². The third-order valence-electron chi connectivity index (χ3n) is 3.66. The Labute approximate surface area is 154 Å². The first-order valence-electron chi connectivity index (χ1n) is 7.52. The molecule has 0 spiro atoms. The molecule has 0 atom stereocenters. The first-order chi connectivity index (χ1) is 11.6. The highest BCUT2D eigenvalue weighted by Gasteiger charge is 2.09. The van der Waals surface area contributed by atoms with Crippen molar-refractivity contribution in [2.75, 3.05) is 12.0 Å². The van der Waals surface area contributed by atoms with Crippen molar-refractivity contribution in [2.45, 2.75) is 13.5 Å². The largest absolute Gasteiger partial charge is 0.316 e. The molecule has 3 aromatic rings. The number of rotatable bonds is 4. The number of thiazole rings is 1. The topological polar surface area (TPSA) is 34.4 Å². The van der Waals surface area contributed by atoms with E-state index in [2.05, 4.69) is 15.8 Å². The summed E-state index contributed by atoms with van der Waals surface area (Å²) < 4.78 is 3.14. The van der Waals surface area contributed by atoms with Crippen LogP contribution in [0, 0.1) is 6.92 Å². The van der Waals surface area contributed by atoms with Crippen molar-refractivity contribution in [3.63, 3.8) is 0 Å². The molecule has 0 radical (unpaired) electrons. The summed E-state index contributed by atoms with van der Waals surface area (Å²) in [6.07, 6.45) is 2.07. The van der Waals surface area contributed by atoms with Crippen LogP contribution in [0.25, 0.3) is 10.2 Å². The van der Waals surface area contributed by atoms with Gasteiger partial charge in [-0.2, -0.15) is 16.8 Å². The predicted octanol–water partition coefficient (Wildman–Crippen LogP) is 4.77. The van der Waals surface area contributed by atoms with E-state index in [1.807, 2.05) is 49.4 Å². The lowest BCUT2D eigenvalue weighted by atomic mass is 10.1. The number of nitrogens with zero attached hydrogens (tertiary/aromatic N) is 2. The molecule has 1 amide bonds. The number of carbonyl (C=O) groups excluding carboxylic acids is 1. The van der Waals surface area contributed by atoms with E-state index in [4.69, 9.17) is 11.6 Å². The minimum atomic E-state index is -0.217. The number of thioether (sulfide) groups is 1. The van der Waals surface area contributed by atoms with Crippen LogP contribution in [-0.2, 0) is 6.54 Å². The van der Waals surface area contributed by atoms with E-state index in [1.165, 1.54) is 11.3 Å². The maximum absolute atomic E-state index is 12.5. The van der Waals surface area contributed by atoms with Crippen molar-refractivity contribution in [1.29, 1.82) is 0 Å². The number of halogens is 1. The third kappa shape index (κ3) is 3.74. The summed E-state index contributed by atoms with van der Waals surface area (Å²) in [6, 6.07) is 13.3. The molecular formula is C18H17ClN2OS2. The standard InChI is InChI=1S/C18H17ClN2OS2/c1-12-3-5-13(6-4-12)17(22)20-18-21(9-10-23-2)15-8-7-14(19)11-16(15)24-18/h3-8,11H,9-10H2,1-2H3. The Kier molecular flexibility index (Phi) is 5.43. The van der Waals surface area contributed by atoms with Crippen LogP contribution in [0.4, 0.5) is 0 Å². The number of aromatic nitrogens is 1. The molecule has 124 valence electrons. The van der Waals surface area contributed by atoms with Crippen LogP contribution in [0.15, 0.2) is 47.5 Å². The summed E-state index contributed by atoms with van der Waals surface area (Å²) in [7, 11) is 0. The SMILES string of the molecule is CSCCn1c(=NC(=O)c2ccc(C)cc2)sc2cc(Cl)ccc21. The van der Waals surface area contributed by atoms with Gasteiger partial charge in [-0.3, -0.25) is 4.79 Å². The van der Waals surface area contributed by atoms with E-state index in [-0.39, 0.29) is 5.91 Å². The van der Waals surface area contributed by atoms with Gasteiger partial charge in [0.05, 0.1) is 10.2 Å². The second-order valence-electron chi connectivity index (χ2n) is 5.42. The molecule has 0 unspecified atom stereocenters. The van der Waals surface area contributed by atoms with Gasteiger partial charge in [0.15, 0.2) is 4.80 Å². The lowest BCUT2D eigenvalue weighted by Gasteiger charge is -2.03. The molecule has 3 nitrogen and oxygen atoms in total. The molecule has 24 heavy (non-hydrogen) atoms. The fraction of sp³-hybridized carbons (Fsp3) is 0.222. The van der Waals surface area contributed by atoms with Gasteiger partial charge in [-0.15, -0.1) is 0 Å². The molecule has 0 saturated heterocycles. The van der Waals surface area contributed by atoms with Crippen LogP contribution >= 0.6 is 34.7 Å². The quantitative estimate of drug-likeness (QED) is 0.657. The number of hydrogen-bond donors (Lipinski definition) is 0. The van der Waals surface area contributed by atoms with E-state index in [0.717, 1.165) is 28.1 Å². The molecule has 0 aliphatic rings. The van der Waals surface area contributed by atoms with Crippen LogP contribution in [0.2, 0.25) is 5.02 Å². The Balaban J connectivity index is 2.09. The monoisotopic (exact) mass is 376 g/mol. The molecule has 0 aliphatic carbocycles. The third-order valence-corrected chi connectivity index (χ3v) is 5.53. The van der Waals surface area contributed by atoms with Crippen LogP contribution in [0.1, 0.15) is 15.9 Å². The Morgan fingerprint density at radius 3 is 2.71 bits per heavy atom. The summed E-state index contributed by atoms with van der Waals surface area (Å²) in [5.74, 6) is 0.742. The Morgan fingerprint density at radius 1 is 1.25 bits per heavy atom. The smallest absolute Gasteiger partial charge is 0.279 e. The number of carbonyl (C=O) groups is 1. The molecule has 6 heteroatoms. The molecule has 0 saturated carbocycles. The van der Waals surface area contributed by atoms with E-state index >= 15 is 0 Å². The number of amides is 1. The van der Waals surface area contributed by atoms with E-state index in [0.29, 0.717) is 15.4 Å². The van der Waals surface area contributed by atoms with Crippen molar-refractivity contribution in [3.05, 3.63) is 63.4 Å². The van der Waals surface area contributed by atoms with Gasteiger partial charge in [-0.05, 0) is 43.5 Å². The lowest BCUT2D eigenvalue weighted by Crippen LogP contribution is -2.18. The highest BCUT2D eigenvalue weighted by atomic mass is 35.5. The molecule has 0 N–H and O–H groups in total. The maximum Gasteiger partial charge on any atom is 0.279 e. The van der Waals surface area contributed by atoms with E-state index in [1.54, 1.807) is 11.8 Å². The molecule has 2 aromatic carbocycles. The zero-order valence-corrected chi connectivity index (χ0v) is 15.8. The fourth-order valence-electron chi connectivity index (χ4n) is 2.38. The summed E-state index contributed by atoms with van der Waals surface area (Å²) in [4.78, 5) is 17.6. The zero-order valence-electron chi connectivity index (χ0n) is 13.5. The summed E-state index contributed by atoms with van der Waals surface area (Å²) >= 11 is 9.36. The second-order valence-corrected chi connectivity index (χ2v) is 7.86. The van der Waals surface area contributed by atoms with Gasteiger partial charge in [0.25, 0.3) is 5.91 Å². The van der Waals surface area contributed by atoms with Gasteiger partial charge < -0.3 is 4.57 Å². The first-order valence-corrected chi connectivity index (χ1v) is 10.1. The molecule has 0 bridgehead atoms. The minimum Gasteiger partial charge on any atom is -0.316 e. The fourth-order valence-corrected chi connectivity index (χ4v) is 4.07. The number of fused-ring (bicyclic) bond motifs is 1. The highest BCUT2D eigenvalue weighted by Crippen LogP contribution is 2.22. The molecular weight excluding hydrogens is 360 g/mol. The van der Waals surface area contributed by atoms with Gasteiger partial charge in [0.2, 0.25) is 0 Å². The number of benzene rings is 2. The first kappa shape index (κ1) is 17.3. The number of hydrogen-bond acceptors (Lipinski definition) is 3. The van der Waals surface area contributed by atoms with Crippen LogP contribution < -0.4 is 4.80 Å². The summed E-state index contributed by atoms with van der Waals surface area (Å²) in [5, 5.41) is 0.692. The van der Waals surface area contributed by atoms with Gasteiger partial charge in [-0.25, -0.2) is 0 Å². The normalized spacial score (nSPS) is 12.0. The average molecular weight is 377 g/mol. The Hall–Kier alpha value is -1.56. The molecule has 1 heterocycles. The van der Waals surface area contributed by atoms with Gasteiger partial charge in [0, 0.05) is 22.9 Å². The second kappa shape index (κ2) is 7.55. The maximum atomic E-state index is 12.5. The van der Waals surface area contributed by atoms with Crippen molar-refractivity contribution in [1.82, 2.24) is 4.57 Å². The van der Waals surface area contributed by atoms with E-state index < -0.39 is 0 Å². The molecule has 0 aliphatic heterocycles. The van der Waals surface area contributed by atoms with Crippen LogP contribution in [-0.4, -0.2) is 22.5 Å². The Morgan fingerprint density at radius 2 is 2.00 bits per heavy atom.